The molecule has 1 aliphatic rings. The minimum absolute atomic E-state index is 0.110. The maximum atomic E-state index is 15.2. The molecule has 0 unspecified atom stereocenters. The van der Waals surface area contributed by atoms with E-state index in [4.69, 9.17) is 0 Å². The summed E-state index contributed by atoms with van der Waals surface area (Å²) >= 11 is 0. The molecule has 1 fully saturated rings. The summed E-state index contributed by atoms with van der Waals surface area (Å²) in [5.41, 5.74) is 0. The number of hydrogen-bond donors (Lipinski definition) is 5. The number of aliphatic hydroxyl groups excluding tert-OH is 1. The van der Waals surface area contributed by atoms with E-state index in [1.165, 1.54) is 89.7 Å². The van der Waals surface area contributed by atoms with Gasteiger partial charge < -0.3 is 60.7 Å². The molecule has 0 bridgehead atoms. The summed E-state index contributed by atoms with van der Waals surface area (Å²) in [5, 5.41) is 22.9. The number of amides is 11. The monoisotopic (exact) mass is 1230 g/mol. The number of hydrogen-bond acceptors (Lipinski definition) is 13. The quantitative estimate of drug-likeness (QED) is 0.139. The molecule has 0 aromatic rings. The van der Waals surface area contributed by atoms with Crippen molar-refractivity contribution >= 4 is 70.8 Å². The van der Waals surface area contributed by atoms with Crippen LogP contribution in [0.2, 0.25) is 0 Å². The Kier molecular flexibility index (Phi) is 32.1. The third-order valence-corrected chi connectivity index (χ3v) is 16.2. The van der Waals surface area contributed by atoms with Crippen molar-refractivity contribution in [3.05, 3.63) is 12.2 Å². The summed E-state index contributed by atoms with van der Waals surface area (Å²) in [6.07, 6.45) is 2.13. The average Bonchev–Trinajstić information content (AvgIpc) is 1.65. The van der Waals surface area contributed by atoms with E-state index in [2.05, 4.69) is 21.3 Å². The van der Waals surface area contributed by atoms with Crippen molar-refractivity contribution in [3.63, 3.8) is 0 Å². The zero-order chi connectivity index (χ0) is 67.6. The summed E-state index contributed by atoms with van der Waals surface area (Å²) in [5.74, 6) is -11.2. The van der Waals surface area contributed by atoms with E-state index in [1.54, 1.807) is 53.7 Å². The van der Waals surface area contributed by atoms with Crippen LogP contribution in [0.4, 0.5) is 0 Å². The molecule has 1 rings (SSSR count). The molecule has 1 saturated heterocycles. The van der Waals surface area contributed by atoms with Crippen LogP contribution >= 0.6 is 0 Å². The van der Waals surface area contributed by atoms with E-state index in [1.807, 2.05) is 55.4 Å². The molecule has 0 aliphatic carbocycles. The highest BCUT2D eigenvalue weighted by molar-refractivity contribution is 6.00. The Bertz CT molecular complexity index is 2430. The SMILES string of the molecule is C/C=C/C[C@@H](C)[C@@H](O)[C@H]1C(=O)N[C@@H](CC(C)=O)C(=O)N(C)CC(=O)N(C)[C@@H](CC(C)C)C(=O)N[C@@H](C(C)C)C(=O)N(C)[C@@H](CC(C)C)C(=O)N[C@@H](C)C(=O)N[C@H](C)C(=O)N(C)[C@@H](CC(C)C)C(=O)N(C)[C@@H](CC(C)C)C(=O)N(C)[C@@H](C(C)C)C(=O)N1C. The van der Waals surface area contributed by atoms with Crippen LogP contribution in [0.3, 0.4) is 0 Å². The number of carbonyl (C=O) groups is 12. The van der Waals surface area contributed by atoms with Gasteiger partial charge in [-0.3, -0.25) is 57.5 Å². The van der Waals surface area contributed by atoms with E-state index in [0.717, 1.165) is 14.7 Å². The molecule has 87 heavy (non-hydrogen) atoms. The van der Waals surface area contributed by atoms with Crippen LogP contribution in [0.15, 0.2) is 12.2 Å². The molecule has 12 atom stereocenters. The highest BCUT2D eigenvalue weighted by Gasteiger charge is 2.46. The van der Waals surface area contributed by atoms with Crippen LogP contribution in [-0.2, 0) is 57.5 Å². The van der Waals surface area contributed by atoms with Gasteiger partial charge in [-0.15, -0.1) is 0 Å². The highest BCUT2D eigenvalue weighted by Crippen LogP contribution is 2.26. The molecule has 1 heterocycles. The summed E-state index contributed by atoms with van der Waals surface area (Å²) < 4.78 is 0. The predicted octanol–water partition coefficient (Wildman–Crippen LogP) is 2.84. The fraction of sp³-hybridized carbons (Fsp3) is 0.778. The second-order valence-corrected chi connectivity index (χ2v) is 26.6. The van der Waals surface area contributed by atoms with E-state index < -0.39 is 168 Å². The van der Waals surface area contributed by atoms with Crippen LogP contribution in [0.5, 0.6) is 0 Å². The average molecular weight is 1230 g/mol. The lowest BCUT2D eigenvalue weighted by molar-refractivity contribution is -0.157. The van der Waals surface area contributed by atoms with Gasteiger partial charge in [-0.1, -0.05) is 102 Å². The third-order valence-electron chi connectivity index (χ3n) is 16.2. The van der Waals surface area contributed by atoms with Crippen LogP contribution in [-0.4, -0.2) is 233 Å². The maximum absolute atomic E-state index is 15.2. The summed E-state index contributed by atoms with van der Waals surface area (Å²) in [6.45, 7) is 28.4. The lowest BCUT2D eigenvalue weighted by Gasteiger charge is -2.41. The number of Topliss-reactive ketones (excluding diaryl/α,β-unsaturated/α-hetero) is 1. The molecule has 11 amide bonds. The molecule has 0 saturated carbocycles. The fourth-order valence-corrected chi connectivity index (χ4v) is 10.8. The number of ketones is 1. The van der Waals surface area contributed by atoms with Gasteiger partial charge in [0.15, 0.2) is 0 Å². The number of allylic oxidation sites excluding steroid dienone is 2. The molecule has 5 N–H and O–H groups in total. The molecular weight excluding hydrogens is 1120 g/mol. The molecule has 24 nitrogen and oxygen atoms in total. The summed E-state index contributed by atoms with van der Waals surface area (Å²) in [4.78, 5) is 182. The standard InChI is InChI=1S/C63H111N11O13/c1-25-26-27-40(14)53(77)52-57(81)66-44(32-41(15)75)59(83)68(18)33-49(76)69(19)45(28-34(2)3)56(80)67-50(38(10)11)62(86)70(20)46(29-35(4)5)55(79)64-42(16)54(78)65-43(17)58(82)71(21)47(30-36(6)7)60(84)72(22)48(31-37(8)9)61(85)73(23)51(39(12)13)63(87)74(52)24/h25-26,34-40,42-48,50-53,77H,27-33H2,1-24H3,(H,64,79)(H,65,78)(H,66,81)(H,67,80)/b26-25+/t40-,42+,43-,44+,45+,46+,47+,48+,50+,51+,52+,53-/m1/s1. The number of rotatable bonds is 16. The van der Waals surface area contributed by atoms with Crippen molar-refractivity contribution in [2.45, 2.75) is 223 Å². The maximum Gasteiger partial charge on any atom is 0.246 e. The first kappa shape index (κ1) is 78.6. The zero-order valence-corrected chi connectivity index (χ0v) is 57.0. The minimum atomic E-state index is -1.73. The summed E-state index contributed by atoms with van der Waals surface area (Å²) in [7, 11) is 9.64. The van der Waals surface area contributed by atoms with E-state index in [9.17, 15) is 53.1 Å². The second-order valence-electron chi connectivity index (χ2n) is 26.6. The van der Waals surface area contributed by atoms with E-state index >= 15 is 9.59 Å². The first-order chi connectivity index (χ1) is 40.1. The van der Waals surface area contributed by atoms with Gasteiger partial charge in [0.05, 0.1) is 12.6 Å². The second kappa shape index (κ2) is 35.5. The van der Waals surface area contributed by atoms with Gasteiger partial charge in [0, 0.05) is 55.8 Å². The number of likely N-dealkylation sites (N-methyl/N-ethyl adjacent to an activating group) is 7. The van der Waals surface area contributed by atoms with E-state index in [-0.39, 0.29) is 55.8 Å². The topological polar surface area (TPSA) is 296 Å². The normalized spacial score (nSPS) is 26.5. The predicted molar refractivity (Wildman–Crippen MR) is 333 cm³/mol. The van der Waals surface area contributed by atoms with E-state index in [0.29, 0.717) is 0 Å². The van der Waals surface area contributed by atoms with Crippen molar-refractivity contribution in [1.82, 2.24) is 55.6 Å². The molecular formula is C63H111N11O13. The number of nitrogens with one attached hydrogen (secondary N) is 4. The third kappa shape index (κ3) is 22.6. The number of aliphatic hydroxyl groups is 1. The smallest absolute Gasteiger partial charge is 0.246 e. The van der Waals surface area contributed by atoms with Crippen molar-refractivity contribution in [2.75, 3.05) is 55.9 Å². The van der Waals surface area contributed by atoms with Crippen molar-refractivity contribution in [1.29, 1.82) is 0 Å². The number of carbonyl (C=O) groups excluding carboxylic acids is 12. The lowest BCUT2D eigenvalue weighted by atomic mass is 9.91. The van der Waals surface area contributed by atoms with Gasteiger partial charge in [0.1, 0.15) is 66.2 Å². The Morgan fingerprint density at radius 2 is 0.897 bits per heavy atom. The molecule has 0 radical (unpaired) electrons. The fourth-order valence-electron chi connectivity index (χ4n) is 10.8. The first-order valence-electron chi connectivity index (χ1n) is 30.9. The zero-order valence-electron chi connectivity index (χ0n) is 57.0. The van der Waals surface area contributed by atoms with Crippen LogP contribution < -0.4 is 21.3 Å². The van der Waals surface area contributed by atoms with Crippen LogP contribution in [0.25, 0.3) is 0 Å². The Morgan fingerprint density at radius 1 is 0.483 bits per heavy atom. The van der Waals surface area contributed by atoms with Crippen LogP contribution in [0.1, 0.15) is 156 Å². The largest absolute Gasteiger partial charge is 0.390 e. The molecule has 0 aromatic heterocycles. The molecule has 0 aromatic carbocycles. The lowest BCUT2D eigenvalue weighted by Crippen LogP contribution is -2.63. The molecule has 24 heteroatoms. The van der Waals surface area contributed by atoms with Gasteiger partial charge in [-0.05, 0) is 101 Å². The Morgan fingerprint density at radius 3 is 1.34 bits per heavy atom. The van der Waals surface area contributed by atoms with Gasteiger partial charge in [0.25, 0.3) is 0 Å². The Balaban J connectivity index is 4.40. The van der Waals surface area contributed by atoms with Crippen molar-refractivity contribution in [3.8, 4) is 0 Å². The molecule has 0 spiro atoms. The Labute approximate surface area is 519 Å². The van der Waals surface area contributed by atoms with Gasteiger partial charge in [0.2, 0.25) is 65.0 Å². The molecule has 496 valence electrons. The van der Waals surface area contributed by atoms with Gasteiger partial charge in [-0.2, -0.15) is 0 Å². The first-order valence-corrected chi connectivity index (χ1v) is 30.9. The highest BCUT2D eigenvalue weighted by atomic mass is 16.3. The Hall–Kier alpha value is -6.46. The van der Waals surface area contributed by atoms with Crippen molar-refractivity contribution < 1.29 is 62.6 Å². The van der Waals surface area contributed by atoms with Crippen LogP contribution in [0, 0.1) is 41.4 Å². The summed E-state index contributed by atoms with van der Waals surface area (Å²) in [6, 6.07) is -13.1. The van der Waals surface area contributed by atoms with Crippen molar-refractivity contribution in [2.24, 2.45) is 41.4 Å². The minimum Gasteiger partial charge on any atom is -0.390 e. The van der Waals surface area contributed by atoms with Gasteiger partial charge >= 0.3 is 0 Å². The molecule has 1 aliphatic heterocycles. The van der Waals surface area contributed by atoms with Gasteiger partial charge in [-0.25, -0.2) is 0 Å². The number of nitrogens with zero attached hydrogens (tertiary/aromatic N) is 7.